The lowest BCUT2D eigenvalue weighted by molar-refractivity contribution is -0.140. The van der Waals surface area contributed by atoms with Gasteiger partial charge in [0.05, 0.1) is 7.11 Å². The summed E-state index contributed by atoms with van der Waals surface area (Å²) in [6, 6.07) is 0. The van der Waals surface area contributed by atoms with E-state index >= 15 is 0 Å². The molecule has 0 aromatic carbocycles. The van der Waals surface area contributed by atoms with Crippen LogP contribution in [0, 0.1) is 0 Å². The molecule has 0 saturated heterocycles. The Bertz CT molecular complexity index is 329. The van der Waals surface area contributed by atoms with Crippen LogP contribution in [0.25, 0.3) is 0 Å². The number of esters is 1. The zero-order valence-corrected chi connectivity index (χ0v) is 14.1. The summed E-state index contributed by atoms with van der Waals surface area (Å²) in [6.45, 7) is 2.13. The normalized spacial score (nSPS) is 19.5. The maximum atomic E-state index is 11.0. The van der Waals surface area contributed by atoms with E-state index in [0.29, 0.717) is 19.3 Å². The van der Waals surface area contributed by atoms with Crippen molar-refractivity contribution in [2.45, 2.75) is 110 Å². The Morgan fingerprint density at radius 1 is 0.762 bits per heavy atom. The molecule has 2 heteroatoms. The van der Waals surface area contributed by atoms with Gasteiger partial charge in [0.15, 0.2) is 0 Å². The monoisotopic (exact) mass is 302 g/mol. The molecular formula is C19H38O2. The molecule has 0 spiro atoms. The molecule has 0 bridgehead atoms. The first-order chi connectivity index (χ1) is 11.9. The van der Waals surface area contributed by atoms with Crippen molar-refractivity contribution >= 4 is 5.97 Å². The average molecular weight is 303 g/mol. The second-order valence-corrected chi connectivity index (χ2v) is 5.56. The molecule has 0 heterocycles. The Labute approximate surface area is 138 Å². The van der Waals surface area contributed by atoms with E-state index in [1.807, 2.05) is 0 Å². The van der Waals surface area contributed by atoms with Crippen LogP contribution in [-0.2, 0) is 9.53 Å². The lowest BCUT2D eigenvalue weighted by Gasteiger charge is -2.03. The number of methoxy groups -OCH3 is 1. The van der Waals surface area contributed by atoms with Crippen molar-refractivity contribution in [3.63, 3.8) is 0 Å². The highest BCUT2D eigenvalue weighted by Gasteiger charge is 1.99. The third-order valence-corrected chi connectivity index (χ3v) is 3.56. The zero-order valence-electron chi connectivity index (χ0n) is 18.1. The van der Waals surface area contributed by atoms with Crippen LogP contribution in [-0.4, -0.2) is 13.1 Å². The van der Waals surface area contributed by atoms with Crippen LogP contribution in [0.15, 0.2) is 0 Å². The highest BCUT2D eigenvalue weighted by molar-refractivity contribution is 5.68. The first-order valence-electron chi connectivity index (χ1n) is 11.0. The van der Waals surface area contributed by atoms with Crippen molar-refractivity contribution in [3.8, 4) is 0 Å². The fraction of sp³-hybridized carbons (Fsp3) is 0.947. The lowest BCUT2D eigenvalue weighted by Crippen LogP contribution is -1.99. The van der Waals surface area contributed by atoms with Crippen LogP contribution in [0.2, 0.25) is 0 Å². The molecule has 4 atom stereocenters. The molecule has 0 N–H and O–H groups in total. The lowest BCUT2D eigenvalue weighted by atomic mass is 10.0. The number of ether oxygens (including phenoxy) is 1. The van der Waals surface area contributed by atoms with Gasteiger partial charge in [-0.3, -0.25) is 4.79 Å². The van der Waals surface area contributed by atoms with Gasteiger partial charge in [-0.2, -0.15) is 0 Å². The molecule has 0 rings (SSSR count). The van der Waals surface area contributed by atoms with Crippen LogP contribution in [0.1, 0.15) is 115 Å². The Morgan fingerprint density at radius 2 is 1.24 bits per heavy atom. The Kier molecular flexibility index (Phi) is 11.8. The maximum Gasteiger partial charge on any atom is 0.305 e. The quantitative estimate of drug-likeness (QED) is 0.243. The summed E-state index contributed by atoms with van der Waals surface area (Å²) in [5.74, 6) is -0.157. The van der Waals surface area contributed by atoms with E-state index in [1.54, 1.807) is 0 Å². The molecule has 126 valence electrons. The second-order valence-electron chi connectivity index (χ2n) is 5.56. The molecule has 0 aliphatic rings. The minimum absolute atomic E-state index is 0.157. The van der Waals surface area contributed by atoms with Gasteiger partial charge in [0.25, 0.3) is 0 Å². The number of unbranched alkanes of at least 4 members (excludes halogenated alkanes) is 6. The molecule has 21 heavy (non-hydrogen) atoms. The fourth-order valence-electron chi connectivity index (χ4n) is 2.18. The average Bonchev–Trinajstić information content (AvgIpc) is 2.60. The number of hydrogen-bond acceptors (Lipinski definition) is 2. The Hall–Kier alpha value is -0.530. The summed E-state index contributed by atoms with van der Waals surface area (Å²) in [6.07, 6.45) is 8.33. The van der Waals surface area contributed by atoms with Gasteiger partial charge >= 0.3 is 5.97 Å². The number of rotatable bonds is 16. The number of carbonyl (C=O) groups is 1. The van der Waals surface area contributed by atoms with E-state index in [1.165, 1.54) is 7.11 Å². The molecule has 0 aliphatic carbocycles. The highest BCUT2D eigenvalue weighted by Crippen LogP contribution is 2.13. The van der Waals surface area contributed by atoms with E-state index in [2.05, 4.69) is 11.7 Å². The maximum absolute atomic E-state index is 11.0. The molecule has 0 radical (unpaired) electrons. The van der Waals surface area contributed by atoms with Crippen LogP contribution >= 0.6 is 0 Å². The third kappa shape index (κ3) is 17.4. The van der Waals surface area contributed by atoms with Crippen molar-refractivity contribution < 1.29 is 15.0 Å². The van der Waals surface area contributed by atoms with Crippen LogP contribution < -0.4 is 0 Å². The zero-order chi connectivity index (χ0) is 19.1. The van der Waals surface area contributed by atoms with Gasteiger partial charge in [0, 0.05) is 11.9 Å². The summed E-state index contributed by atoms with van der Waals surface area (Å²) in [4.78, 5) is 11.0. The molecule has 0 aromatic heterocycles. The van der Waals surface area contributed by atoms with Gasteiger partial charge in [-0.15, -0.1) is 0 Å². The minimum atomic E-state index is -0.555. The van der Waals surface area contributed by atoms with Crippen LogP contribution in [0.5, 0.6) is 0 Å². The summed E-state index contributed by atoms with van der Waals surface area (Å²) in [5, 5.41) is 0. The van der Waals surface area contributed by atoms with Crippen molar-refractivity contribution in [2.24, 2.45) is 0 Å². The standard InChI is InChI=1S/C19H38O2/c1-3-4-5-6-7-8-9-10-11-12-13-14-15-16-17-18-19(20)21-2/h3-18H2,1-2H3/i7D,8D,10D,11D. The summed E-state index contributed by atoms with van der Waals surface area (Å²) in [5.41, 5.74) is 0. The third-order valence-electron chi connectivity index (χ3n) is 3.56. The van der Waals surface area contributed by atoms with E-state index in [-0.39, 0.29) is 5.97 Å². The first kappa shape index (κ1) is 14.1. The smallest absolute Gasteiger partial charge is 0.305 e. The largest absolute Gasteiger partial charge is 0.469 e. The Morgan fingerprint density at radius 3 is 1.81 bits per heavy atom. The molecule has 0 aromatic rings. The van der Waals surface area contributed by atoms with Crippen molar-refractivity contribution in [1.82, 2.24) is 0 Å². The summed E-state index contributed by atoms with van der Waals surface area (Å²) >= 11 is 0. The topological polar surface area (TPSA) is 26.3 Å². The Balaban J connectivity index is 3.73. The van der Waals surface area contributed by atoms with Crippen molar-refractivity contribution in [3.05, 3.63) is 0 Å². The predicted octanol–water partition coefficient (Wildman–Crippen LogP) is 6.42. The molecule has 4 unspecified atom stereocenters. The first-order valence-corrected chi connectivity index (χ1v) is 8.68. The van der Waals surface area contributed by atoms with E-state index in [0.717, 1.165) is 57.8 Å². The minimum Gasteiger partial charge on any atom is -0.469 e. The molecule has 0 amide bonds. The van der Waals surface area contributed by atoms with E-state index < -0.39 is 25.6 Å². The molecule has 2 nitrogen and oxygen atoms in total. The van der Waals surface area contributed by atoms with Crippen molar-refractivity contribution in [1.29, 1.82) is 0 Å². The predicted molar refractivity (Wildman–Crippen MR) is 91.6 cm³/mol. The van der Waals surface area contributed by atoms with E-state index in [9.17, 15) is 4.79 Å². The molecule has 0 saturated carbocycles. The van der Waals surface area contributed by atoms with Gasteiger partial charge in [0.1, 0.15) is 0 Å². The van der Waals surface area contributed by atoms with Gasteiger partial charge in [0.2, 0.25) is 0 Å². The fourth-order valence-corrected chi connectivity index (χ4v) is 2.18. The number of carbonyl (C=O) groups excluding carboxylic acids is 1. The second kappa shape index (κ2) is 17.5. The summed E-state index contributed by atoms with van der Waals surface area (Å²) < 4.78 is 36.8. The van der Waals surface area contributed by atoms with Crippen LogP contribution in [0.4, 0.5) is 0 Å². The van der Waals surface area contributed by atoms with E-state index in [4.69, 9.17) is 5.48 Å². The van der Waals surface area contributed by atoms with Gasteiger partial charge in [-0.05, 0) is 6.42 Å². The summed E-state index contributed by atoms with van der Waals surface area (Å²) in [7, 11) is 1.41. The molecular weight excluding hydrogens is 260 g/mol. The molecule has 0 aliphatic heterocycles. The van der Waals surface area contributed by atoms with Gasteiger partial charge in [-0.1, -0.05) is 96.7 Å². The molecule has 0 fully saturated rings. The van der Waals surface area contributed by atoms with Gasteiger partial charge in [-0.25, -0.2) is 0 Å². The van der Waals surface area contributed by atoms with Gasteiger partial charge < -0.3 is 4.74 Å². The van der Waals surface area contributed by atoms with Crippen molar-refractivity contribution in [2.75, 3.05) is 7.11 Å². The highest BCUT2D eigenvalue weighted by atomic mass is 16.5. The SMILES string of the molecule is [2H]C(CCCCC)C([2H])CC([2H])C([2H])CCCCCCCC(=O)OC. The van der Waals surface area contributed by atoms with Crippen LogP contribution in [0.3, 0.4) is 0 Å². The number of hydrogen-bond donors (Lipinski definition) is 0.